The largest absolute Gasteiger partial charge is 0.461 e. The predicted molar refractivity (Wildman–Crippen MR) is 80.2 cm³/mol. The molecule has 0 aliphatic carbocycles. The van der Waals surface area contributed by atoms with E-state index in [0.29, 0.717) is 18.7 Å². The standard InChI is InChI=1S/C16H17N3O2/c1-11-5-6-18-19(11)8-7-17-16(20)13-3-4-15-14(10-13)9-12(2)21-15/h3-6,9-10H,7-8H2,1-2H3,(H,17,20). The van der Waals surface area contributed by atoms with Crippen LogP contribution in [0, 0.1) is 13.8 Å². The molecular formula is C16H17N3O2. The van der Waals surface area contributed by atoms with Gasteiger partial charge in [-0.3, -0.25) is 9.48 Å². The summed E-state index contributed by atoms with van der Waals surface area (Å²) in [6.45, 7) is 5.09. The van der Waals surface area contributed by atoms with Gasteiger partial charge in [0.25, 0.3) is 5.91 Å². The number of aryl methyl sites for hydroxylation is 2. The summed E-state index contributed by atoms with van der Waals surface area (Å²) in [7, 11) is 0. The molecule has 0 spiro atoms. The highest BCUT2D eigenvalue weighted by atomic mass is 16.3. The van der Waals surface area contributed by atoms with Crippen LogP contribution in [0.3, 0.4) is 0 Å². The molecule has 0 unspecified atom stereocenters. The van der Waals surface area contributed by atoms with Gasteiger partial charge >= 0.3 is 0 Å². The Hall–Kier alpha value is -2.56. The Labute approximate surface area is 122 Å². The fraction of sp³-hybridized carbons (Fsp3) is 0.250. The van der Waals surface area contributed by atoms with Gasteiger partial charge in [-0.15, -0.1) is 0 Å². The normalized spacial score (nSPS) is 11.0. The molecule has 0 atom stereocenters. The molecule has 2 aromatic heterocycles. The smallest absolute Gasteiger partial charge is 0.251 e. The van der Waals surface area contributed by atoms with Crippen molar-refractivity contribution in [1.82, 2.24) is 15.1 Å². The van der Waals surface area contributed by atoms with Gasteiger partial charge in [0, 0.05) is 29.4 Å². The summed E-state index contributed by atoms with van der Waals surface area (Å²) in [5.41, 5.74) is 2.52. The quantitative estimate of drug-likeness (QED) is 0.800. The average Bonchev–Trinajstić information content (AvgIpc) is 3.02. The first-order valence-corrected chi connectivity index (χ1v) is 6.90. The minimum atomic E-state index is -0.0828. The molecule has 21 heavy (non-hydrogen) atoms. The number of carbonyl (C=O) groups excluding carboxylic acids is 1. The molecular weight excluding hydrogens is 266 g/mol. The predicted octanol–water partition coefficient (Wildman–Crippen LogP) is 2.68. The Kier molecular flexibility index (Phi) is 3.48. The number of nitrogens with one attached hydrogen (secondary N) is 1. The van der Waals surface area contributed by atoms with Crippen LogP contribution < -0.4 is 5.32 Å². The second kappa shape index (κ2) is 5.44. The molecule has 0 radical (unpaired) electrons. The lowest BCUT2D eigenvalue weighted by Gasteiger charge is -2.07. The van der Waals surface area contributed by atoms with Gasteiger partial charge in [-0.05, 0) is 44.2 Å². The Balaban J connectivity index is 1.65. The first kappa shape index (κ1) is 13.4. The van der Waals surface area contributed by atoms with Gasteiger partial charge in [0.05, 0.1) is 6.54 Å². The molecule has 0 aliphatic heterocycles. The highest BCUT2D eigenvalue weighted by Gasteiger charge is 2.08. The van der Waals surface area contributed by atoms with Crippen LogP contribution in [0.15, 0.2) is 40.9 Å². The third kappa shape index (κ3) is 2.81. The highest BCUT2D eigenvalue weighted by Crippen LogP contribution is 2.20. The molecule has 0 aliphatic rings. The topological polar surface area (TPSA) is 60.1 Å². The maximum absolute atomic E-state index is 12.1. The van der Waals surface area contributed by atoms with Gasteiger partial charge < -0.3 is 9.73 Å². The molecule has 0 saturated carbocycles. The summed E-state index contributed by atoms with van der Waals surface area (Å²) in [4.78, 5) is 12.1. The molecule has 3 rings (SSSR count). The van der Waals surface area contributed by atoms with Gasteiger partial charge in [0.1, 0.15) is 11.3 Å². The molecule has 0 saturated heterocycles. The van der Waals surface area contributed by atoms with Crippen LogP contribution >= 0.6 is 0 Å². The Morgan fingerprint density at radius 1 is 1.29 bits per heavy atom. The van der Waals surface area contributed by atoms with Gasteiger partial charge in [-0.2, -0.15) is 5.10 Å². The van der Waals surface area contributed by atoms with Crippen LogP contribution in [0.5, 0.6) is 0 Å². The maximum Gasteiger partial charge on any atom is 0.251 e. The van der Waals surface area contributed by atoms with E-state index in [-0.39, 0.29) is 5.91 Å². The number of aromatic nitrogens is 2. The number of rotatable bonds is 4. The molecule has 5 heteroatoms. The van der Waals surface area contributed by atoms with Crippen molar-refractivity contribution in [2.75, 3.05) is 6.54 Å². The van der Waals surface area contributed by atoms with Crippen molar-refractivity contribution < 1.29 is 9.21 Å². The molecule has 5 nitrogen and oxygen atoms in total. The highest BCUT2D eigenvalue weighted by molar-refractivity contribution is 5.97. The summed E-state index contributed by atoms with van der Waals surface area (Å²) < 4.78 is 7.37. The van der Waals surface area contributed by atoms with Crippen molar-refractivity contribution in [1.29, 1.82) is 0 Å². The van der Waals surface area contributed by atoms with E-state index in [2.05, 4.69) is 10.4 Å². The number of nitrogens with zero attached hydrogens (tertiary/aromatic N) is 2. The summed E-state index contributed by atoms with van der Waals surface area (Å²) in [5.74, 6) is 0.761. The number of hydrogen-bond acceptors (Lipinski definition) is 3. The molecule has 1 amide bonds. The summed E-state index contributed by atoms with van der Waals surface area (Å²) in [6, 6.07) is 9.32. The van der Waals surface area contributed by atoms with Crippen molar-refractivity contribution in [3.63, 3.8) is 0 Å². The van der Waals surface area contributed by atoms with E-state index >= 15 is 0 Å². The molecule has 0 bridgehead atoms. The SMILES string of the molecule is Cc1cc2cc(C(=O)NCCn3nccc3C)ccc2o1. The number of fused-ring (bicyclic) bond motifs is 1. The lowest BCUT2D eigenvalue weighted by atomic mass is 10.1. The third-order valence-corrected chi connectivity index (χ3v) is 3.44. The number of carbonyl (C=O) groups is 1. The lowest BCUT2D eigenvalue weighted by molar-refractivity contribution is 0.0952. The molecule has 108 valence electrons. The van der Waals surface area contributed by atoms with Crippen molar-refractivity contribution in [3.05, 3.63) is 53.5 Å². The van der Waals surface area contributed by atoms with Crippen LogP contribution in [0.2, 0.25) is 0 Å². The van der Waals surface area contributed by atoms with Crippen LogP contribution in [-0.2, 0) is 6.54 Å². The van der Waals surface area contributed by atoms with Gasteiger partial charge in [-0.25, -0.2) is 0 Å². The number of furan rings is 1. The second-order valence-electron chi connectivity index (χ2n) is 5.06. The van der Waals surface area contributed by atoms with E-state index in [4.69, 9.17) is 4.42 Å². The first-order chi connectivity index (χ1) is 10.1. The zero-order valence-corrected chi connectivity index (χ0v) is 12.1. The van der Waals surface area contributed by atoms with Crippen LogP contribution in [-0.4, -0.2) is 22.2 Å². The summed E-state index contributed by atoms with van der Waals surface area (Å²) in [6.07, 6.45) is 1.76. The molecule has 1 N–H and O–H groups in total. The van der Waals surface area contributed by atoms with E-state index in [1.54, 1.807) is 12.3 Å². The fourth-order valence-electron chi connectivity index (χ4n) is 2.33. The third-order valence-electron chi connectivity index (χ3n) is 3.44. The number of amides is 1. The van der Waals surface area contributed by atoms with E-state index in [9.17, 15) is 4.79 Å². The van der Waals surface area contributed by atoms with Crippen molar-refractivity contribution in [2.24, 2.45) is 0 Å². The van der Waals surface area contributed by atoms with Crippen molar-refractivity contribution in [2.45, 2.75) is 20.4 Å². The number of hydrogen-bond donors (Lipinski definition) is 1. The Bertz CT molecular complexity index is 786. The van der Waals surface area contributed by atoms with Gasteiger partial charge in [0.2, 0.25) is 0 Å². The summed E-state index contributed by atoms with van der Waals surface area (Å²) in [5, 5.41) is 8.03. The van der Waals surface area contributed by atoms with E-state index < -0.39 is 0 Å². The molecule has 0 fully saturated rings. The number of benzene rings is 1. The van der Waals surface area contributed by atoms with Crippen LogP contribution in [0.4, 0.5) is 0 Å². The van der Waals surface area contributed by atoms with Crippen molar-refractivity contribution in [3.8, 4) is 0 Å². The minimum Gasteiger partial charge on any atom is -0.461 e. The summed E-state index contributed by atoms with van der Waals surface area (Å²) >= 11 is 0. The lowest BCUT2D eigenvalue weighted by Crippen LogP contribution is -2.27. The molecule has 1 aromatic carbocycles. The average molecular weight is 283 g/mol. The van der Waals surface area contributed by atoms with Gasteiger partial charge in [0.15, 0.2) is 0 Å². The van der Waals surface area contributed by atoms with E-state index in [1.807, 2.05) is 42.8 Å². The van der Waals surface area contributed by atoms with Crippen LogP contribution in [0.1, 0.15) is 21.8 Å². The van der Waals surface area contributed by atoms with E-state index in [1.165, 1.54) is 0 Å². The zero-order valence-electron chi connectivity index (χ0n) is 12.1. The monoisotopic (exact) mass is 283 g/mol. The minimum absolute atomic E-state index is 0.0828. The first-order valence-electron chi connectivity index (χ1n) is 6.90. The molecule has 3 aromatic rings. The Morgan fingerprint density at radius 3 is 2.90 bits per heavy atom. The van der Waals surface area contributed by atoms with E-state index in [0.717, 1.165) is 22.4 Å². The van der Waals surface area contributed by atoms with Crippen LogP contribution in [0.25, 0.3) is 11.0 Å². The molecule has 2 heterocycles. The van der Waals surface area contributed by atoms with Crippen molar-refractivity contribution >= 4 is 16.9 Å². The maximum atomic E-state index is 12.1. The fourth-order valence-corrected chi connectivity index (χ4v) is 2.33. The Morgan fingerprint density at radius 2 is 2.14 bits per heavy atom. The zero-order chi connectivity index (χ0) is 14.8. The van der Waals surface area contributed by atoms with Gasteiger partial charge in [-0.1, -0.05) is 0 Å². The second-order valence-corrected chi connectivity index (χ2v) is 5.06.